The molecule has 0 saturated carbocycles. The molecule has 7 heteroatoms. The molecule has 5 nitrogen and oxygen atoms in total. The highest BCUT2D eigenvalue weighted by Crippen LogP contribution is 2.21. The van der Waals surface area contributed by atoms with E-state index >= 15 is 0 Å². The quantitative estimate of drug-likeness (QED) is 0.799. The van der Waals surface area contributed by atoms with Gasteiger partial charge in [-0.1, -0.05) is 12.1 Å². The van der Waals surface area contributed by atoms with Crippen LogP contribution in [0, 0.1) is 5.82 Å². The molecule has 0 aromatic heterocycles. The van der Waals surface area contributed by atoms with Gasteiger partial charge in [0, 0.05) is 20.1 Å². The zero-order valence-corrected chi connectivity index (χ0v) is 10.7. The van der Waals surface area contributed by atoms with E-state index in [1.165, 1.54) is 25.2 Å². The van der Waals surface area contributed by atoms with Crippen molar-refractivity contribution in [2.24, 2.45) is 0 Å². The molecule has 2 N–H and O–H groups in total. The number of aliphatic hydroxyl groups is 1. The minimum absolute atomic E-state index is 0.335. The summed E-state index contributed by atoms with van der Waals surface area (Å²) in [6, 6.07) is 4.64. The summed E-state index contributed by atoms with van der Waals surface area (Å²) in [7, 11) is -2.58. The average Bonchev–Trinajstić information content (AvgIpc) is 2.74. The minimum Gasteiger partial charge on any atom is -0.390 e. The van der Waals surface area contributed by atoms with Gasteiger partial charge in [0.1, 0.15) is 10.7 Å². The zero-order valence-electron chi connectivity index (χ0n) is 9.88. The van der Waals surface area contributed by atoms with Crippen molar-refractivity contribution < 1.29 is 17.9 Å². The van der Waals surface area contributed by atoms with Gasteiger partial charge in [-0.15, -0.1) is 0 Å². The normalized spacial score (nSPS) is 24.7. The Kier molecular flexibility index (Phi) is 3.67. The van der Waals surface area contributed by atoms with Gasteiger partial charge in [0.05, 0.1) is 12.1 Å². The second kappa shape index (κ2) is 4.93. The summed E-state index contributed by atoms with van der Waals surface area (Å²) < 4.78 is 39.0. The standard InChI is InChI=1S/C11H15FN2O3S/c1-14(9-6-13-7-10(9)15)18(16,17)11-5-3-2-4-8(11)12/h2-5,9-10,13,15H,6-7H2,1H3/t9-,10-/m0/s1. The number of benzene rings is 1. The number of hydrogen-bond donors (Lipinski definition) is 2. The van der Waals surface area contributed by atoms with Crippen LogP contribution < -0.4 is 5.32 Å². The summed E-state index contributed by atoms with van der Waals surface area (Å²) >= 11 is 0. The summed E-state index contributed by atoms with van der Waals surface area (Å²) in [5, 5.41) is 12.6. The number of β-amino-alcohol motifs (C(OH)–C–C–N with tert-alkyl or cyclic N) is 1. The van der Waals surface area contributed by atoms with Crippen molar-refractivity contribution in [3.8, 4) is 0 Å². The Hall–Kier alpha value is -1.02. The lowest BCUT2D eigenvalue weighted by Crippen LogP contribution is -2.44. The molecular formula is C11H15FN2O3S. The first-order valence-corrected chi connectivity index (χ1v) is 7.00. The van der Waals surface area contributed by atoms with Gasteiger partial charge in [0.15, 0.2) is 0 Å². The van der Waals surface area contributed by atoms with Crippen LogP contribution in [0.2, 0.25) is 0 Å². The van der Waals surface area contributed by atoms with Crippen LogP contribution >= 0.6 is 0 Å². The van der Waals surface area contributed by atoms with Gasteiger partial charge < -0.3 is 10.4 Å². The van der Waals surface area contributed by atoms with Crippen molar-refractivity contribution in [3.63, 3.8) is 0 Å². The number of rotatable bonds is 3. The van der Waals surface area contributed by atoms with Crippen LogP contribution in [-0.4, -0.2) is 50.1 Å². The second-order valence-corrected chi connectivity index (χ2v) is 6.21. The minimum atomic E-state index is -3.93. The number of sulfonamides is 1. The number of halogens is 1. The fourth-order valence-electron chi connectivity index (χ4n) is 2.01. The topological polar surface area (TPSA) is 69.6 Å². The van der Waals surface area contributed by atoms with Crippen LogP contribution in [0.1, 0.15) is 0 Å². The molecule has 1 fully saturated rings. The van der Waals surface area contributed by atoms with Crippen LogP contribution in [0.15, 0.2) is 29.2 Å². The zero-order chi connectivity index (χ0) is 13.3. The third-order valence-electron chi connectivity index (χ3n) is 3.11. The molecule has 1 aromatic rings. The summed E-state index contributed by atoms with van der Waals surface area (Å²) in [5.74, 6) is -0.787. The molecule has 100 valence electrons. The molecule has 1 heterocycles. The molecule has 1 aliphatic rings. The maximum Gasteiger partial charge on any atom is 0.246 e. The summed E-state index contributed by atoms with van der Waals surface area (Å²) in [4.78, 5) is -0.369. The fraction of sp³-hybridized carbons (Fsp3) is 0.455. The molecule has 0 bridgehead atoms. The first kappa shape index (κ1) is 13.4. The van der Waals surface area contributed by atoms with Crippen molar-refractivity contribution in [2.45, 2.75) is 17.0 Å². The number of aliphatic hydroxyl groups excluding tert-OH is 1. The van der Waals surface area contributed by atoms with E-state index in [4.69, 9.17) is 0 Å². The Morgan fingerprint density at radius 2 is 2.06 bits per heavy atom. The highest BCUT2D eigenvalue weighted by molar-refractivity contribution is 7.89. The van der Waals surface area contributed by atoms with E-state index < -0.39 is 28.0 Å². The Balaban J connectivity index is 2.34. The fourth-order valence-corrected chi connectivity index (χ4v) is 3.46. The maximum atomic E-state index is 13.5. The van der Waals surface area contributed by atoms with Crippen molar-refractivity contribution in [2.75, 3.05) is 20.1 Å². The molecule has 2 rings (SSSR count). The van der Waals surface area contributed by atoms with Gasteiger partial charge in [0.2, 0.25) is 10.0 Å². The van der Waals surface area contributed by atoms with Gasteiger partial charge in [-0.05, 0) is 12.1 Å². The molecule has 2 atom stereocenters. The van der Waals surface area contributed by atoms with E-state index in [1.807, 2.05) is 0 Å². The third-order valence-corrected chi connectivity index (χ3v) is 5.03. The smallest absolute Gasteiger partial charge is 0.246 e. The van der Waals surface area contributed by atoms with Gasteiger partial charge >= 0.3 is 0 Å². The van der Waals surface area contributed by atoms with Crippen molar-refractivity contribution in [3.05, 3.63) is 30.1 Å². The molecule has 1 aliphatic heterocycles. The van der Waals surface area contributed by atoms with Crippen molar-refractivity contribution in [1.82, 2.24) is 9.62 Å². The number of nitrogens with one attached hydrogen (secondary N) is 1. The second-order valence-electron chi connectivity index (χ2n) is 4.24. The van der Waals surface area contributed by atoms with Crippen LogP contribution in [0.3, 0.4) is 0 Å². The van der Waals surface area contributed by atoms with Gasteiger partial charge in [0.25, 0.3) is 0 Å². The van der Waals surface area contributed by atoms with Crippen molar-refractivity contribution >= 4 is 10.0 Å². The van der Waals surface area contributed by atoms with Crippen LogP contribution in [0.4, 0.5) is 4.39 Å². The van der Waals surface area contributed by atoms with Gasteiger partial charge in [-0.25, -0.2) is 12.8 Å². The maximum absolute atomic E-state index is 13.5. The molecule has 0 spiro atoms. The molecule has 0 radical (unpaired) electrons. The van der Waals surface area contributed by atoms with Gasteiger partial charge in [-0.3, -0.25) is 0 Å². The molecular weight excluding hydrogens is 259 g/mol. The SMILES string of the molecule is CN([C@H]1CNC[C@@H]1O)S(=O)(=O)c1ccccc1F. The van der Waals surface area contributed by atoms with Crippen LogP contribution in [0.5, 0.6) is 0 Å². The van der Waals surface area contributed by atoms with Crippen molar-refractivity contribution in [1.29, 1.82) is 0 Å². The summed E-state index contributed by atoms with van der Waals surface area (Å²) in [5.41, 5.74) is 0. The van der Waals surface area contributed by atoms with E-state index in [0.717, 1.165) is 10.4 Å². The predicted molar refractivity (Wildman–Crippen MR) is 64.0 cm³/mol. The molecule has 18 heavy (non-hydrogen) atoms. The van der Waals surface area contributed by atoms with E-state index in [2.05, 4.69) is 5.32 Å². The number of nitrogens with zero attached hydrogens (tertiary/aromatic N) is 1. The first-order chi connectivity index (χ1) is 8.44. The molecule has 1 saturated heterocycles. The predicted octanol–water partition coefficient (Wildman–Crippen LogP) is -0.221. The van der Waals surface area contributed by atoms with E-state index in [1.54, 1.807) is 0 Å². The van der Waals surface area contributed by atoms with E-state index in [-0.39, 0.29) is 4.90 Å². The first-order valence-electron chi connectivity index (χ1n) is 5.56. The Labute approximate surface area is 105 Å². The molecule has 0 amide bonds. The van der Waals surface area contributed by atoms with E-state index in [9.17, 15) is 17.9 Å². The summed E-state index contributed by atoms with van der Waals surface area (Å²) in [6.07, 6.45) is -0.781. The number of likely N-dealkylation sites (N-methyl/N-ethyl adjacent to an activating group) is 1. The Morgan fingerprint density at radius 1 is 1.39 bits per heavy atom. The molecule has 0 aliphatic carbocycles. The summed E-state index contributed by atoms with van der Waals surface area (Å²) in [6.45, 7) is 0.688. The lowest BCUT2D eigenvalue weighted by molar-refractivity contribution is 0.136. The average molecular weight is 274 g/mol. The highest BCUT2D eigenvalue weighted by Gasteiger charge is 2.36. The number of hydrogen-bond acceptors (Lipinski definition) is 4. The van der Waals surface area contributed by atoms with E-state index in [0.29, 0.717) is 13.1 Å². The Bertz CT molecular complexity index is 535. The Morgan fingerprint density at radius 3 is 2.61 bits per heavy atom. The lowest BCUT2D eigenvalue weighted by Gasteiger charge is -2.25. The van der Waals surface area contributed by atoms with Crippen LogP contribution in [0.25, 0.3) is 0 Å². The third kappa shape index (κ3) is 2.26. The van der Waals surface area contributed by atoms with Gasteiger partial charge in [-0.2, -0.15) is 4.31 Å². The largest absolute Gasteiger partial charge is 0.390 e. The lowest BCUT2D eigenvalue weighted by atomic mass is 10.2. The molecule has 1 aromatic carbocycles. The van der Waals surface area contributed by atoms with Crippen LogP contribution in [-0.2, 0) is 10.0 Å². The monoisotopic (exact) mass is 274 g/mol. The highest BCUT2D eigenvalue weighted by atomic mass is 32.2. The molecule has 0 unspecified atom stereocenters.